The van der Waals surface area contributed by atoms with Crippen molar-refractivity contribution in [3.05, 3.63) is 70.9 Å². The van der Waals surface area contributed by atoms with Crippen molar-refractivity contribution in [2.45, 2.75) is 27.6 Å². The molecule has 1 aliphatic rings. The number of anilines is 3. The molecule has 2 aromatic carbocycles. The molecule has 1 aliphatic heterocycles. The van der Waals surface area contributed by atoms with Crippen LogP contribution in [0.1, 0.15) is 21.6 Å². The number of hydrogen-bond donors (Lipinski definition) is 3. The smallest absolute Gasteiger partial charge is 0.251 e. The minimum Gasteiger partial charge on any atom is -0.490 e. The van der Waals surface area contributed by atoms with Gasteiger partial charge in [-0.15, -0.1) is 0 Å². The lowest BCUT2D eigenvalue weighted by Gasteiger charge is -2.29. The molecule has 0 radical (unpaired) electrons. The Hall–Kier alpha value is -4.28. The van der Waals surface area contributed by atoms with Crippen LogP contribution < -0.4 is 20.7 Å². The van der Waals surface area contributed by atoms with Crippen molar-refractivity contribution >= 4 is 45.0 Å². The number of halogens is 2. The van der Waals surface area contributed by atoms with Gasteiger partial charge in [0.1, 0.15) is 11.6 Å². The van der Waals surface area contributed by atoms with Gasteiger partial charge >= 0.3 is 0 Å². The Morgan fingerprint density at radius 1 is 1.19 bits per heavy atom. The molecule has 0 unspecified atom stereocenters. The van der Waals surface area contributed by atoms with Gasteiger partial charge in [0.05, 0.1) is 41.4 Å². The monoisotopic (exact) mass is 631 g/mol. The van der Waals surface area contributed by atoms with Gasteiger partial charge in [0.25, 0.3) is 5.91 Å². The molecule has 0 atom stereocenters. The van der Waals surface area contributed by atoms with Crippen molar-refractivity contribution in [2.75, 3.05) is 43.6 Å². The van der Waals surface area contributed by atoms with E-state index < -0.39 is 38.7 Å². The van der Waals surface area contributed by atoms with E-state index in [1.165, 1.54) is 31.4 Å². The number of nitrogens with two attached hydrogens (primary N) is 1. The number of nitrogens with one attached hydrogen (secondary N) is 2. The lowest BCUT2D eigenvalue weighted by Crippen LogP contribution is -2.37. The highest BCUT2D eigenvalue weighted by Gasteiger charge is 2.25. The molecule has 4 N–H and O–H groups in total. The molecular weight excluding hydrogens is 604 g/mol. The summed E-state index contributed by atoms with van der Waals surface area (Å²) in [7, 11) is -2.70. The van der Waals surface area contributed by atoms with Gasteiger partial charge in [0.2, 0.25) is 5.75 Å². The number of hydrogen-bond acceptors (Lipinski definition) is 11. The zero-order valence-corrected chi connectivity index (χ0v) is 24.7. The van der Waals surface area contributed by atoms with E-state index in [2.05, 4.69) is 25.5 Å². The maximum absolute atomic E-state index is 15.3. The van der Waals surface area contributed by atoms with Crippen molar-refractivity contribution in [1.29, 1.82) is 0 Å². The number of ether oxygens (including phenoxy) is 2. The molecule has 1 amide bonds. The Labute approximate surface area is 249 Å². The third kappa shape index (κ3) is 6.71. The molecule has 0 aliphatic carbocycles. The first-order valence-electron chi connectivity index (χ1n) is 12.9. The molecule has 4 aromatic rings. The van der Waals surface area contributed by atoms with E-state index in [1.54, 1.807) is 6.07 Å². The first-order valence-corrected chi connectivity index (χ1v) is 15.4. The number of carbonyl (C=O) groups is 1. The number of primary amides is 1. The molecule has 0 saturated carbocycles. The number of aromatic nitrogens is 4. The molecule has 16 heteroatoms. The fourth-order valence-corrected chi connectivity index (χ4v) is 6.47. The summed E-state index contributed by atoms with van der Waals surface area (Å²) in [6, 6.07) is 8.84. The molecule has 43 heavy (non-hydrogen) atoms. The Kier molecular flexibility index (Phi) is 8.79. The summed E-state index contributed by atoms with van der Waals surface area (Å²) in [5.74, 6) is -2.09. The highest BCUT2D eigenvalue weighted by molar-refractivity contribution is 7.99. The highest BCUT2D eigenvalue weighted by Crippen LogP contribution is 2.39. The molecule has 12 nitrogen and oxygen atoms in total. The van der Waals surface area contributed by atoms with Crippen LogP contribution in [-0.4, -0.2) is 67.9 Å². The summed E-state index contributed by atoms with van der Waals surface area (Å²) >= 11 is 0.887. The van der Waals surface area contributed by atoms with Crippen LogP contribution in [0.5, 0.6) is 5.75 Å². The fraction of sp³-hybridized carbons (Fsp3) is 0.259. The molecule has 3 heterocycles. The van der Waals surface area contributed by atoms with Gasteiger partial charge in [-0.05, 0) is 43.0 Å². The zero-order valence-electron chi connectivity index (χ0n) is 23.1. The Balaban J connectivity index is 1.45. The standard InChI is InChI=1S/C27H27F2N7O5S2/c1-15-12-21(35-34-15)31-25-23(40-2)26(36-8-10-41-11-9-36)33-27(32-25)42-20-7-6-17(13-19(20)28)43(38,39)14-16-4-3-5-18(22(16)29)24(30)37/h3-7,12-13H,8-11,14H2,1-2H3,(H2,30,37)(H2,31,32,33,34,35). The molecule has 1 fully saturated rings. The summed E-state index contributed by atoms with van der Waals surface area (Å²) in [6.07, 6.45) is 0. The number of rotatable bonds is 10. The van der Waals surface area contributed by atoms with Crippen LogP contribution in [0.2, 0.25) is 0 Å². The third-order valence-corrected chi connectivity index (χ3v) is 9.03. The molecule has 226 valence electrons. The molecule has 0 bridgehead atoms. The lowest BCUT2D eigenvalue weighted by molar-refractivity contribution is 0.0996. The van der Waals surface area contributed by atoms with E-state index in [4.69, 9.17) is 15.2 Å². The number of benzene rings is 2. The number of sulfone groups is 1. The van der Waals surface area contributed by atoms with Gasteiger partial charge < -0.3 is 25.4 Å². The Morgan fingerprint density at radius 3 is 2.60 bits per heavy atom. The predicted octanol–water partition coefficient (Wildman–Crippen LogP) is 3.60. The van der Waals surface area contributed by atoms with Gasteiger partial charge in [-0.3, -0.25) is 9.89 Å². The third-order valence-electron chi connectivity index (χ3n) is 6.45. The maximum atomic E-state index is 15.3. The lowest BCUT2D eigenvalue weighted by atomic mass is 10.1. The molecule has 2 aromatic heterocycles. The van der Waals surface area contributed by atoms with Gasteiger partial charge in [-0.2, -0.15) is 5.10 Å². The van der Waals surface area contributed by atoms with Crippen molar-refractivity contribution in [3.63, 3.8) is 0 Å². The number of morpholine rings is 1. The molecule has 0 spiro atoms. The predicted molar refractivity (Wildman–Crippen MR) is 155 cm³/mol. The number of aromatic amines is 1. The average molecular weight is 632 g/mol. The number of H-pyrrole nitrogens is 1. The largest absolute Gasteiger partial charge is 0.490 e. The van der Waals surface area contributed by atoms with Crippen LogP contribution >= 0.6 is 11.8 Å². The number of methoxy groups -OCH3 is 1. The van der Waals surface area contributed by atoms with Crippen LogP contribution in [-0.2, 0) is 20.3 Å². The van der Waals surface area contributed by atoms with Crippen molar-refractivity contribution in [1.82, 2.24) is 20.2 Å². The Morgan fingerprint density at radius 2 is 1.95 bits per heavy atom. The second-order valence-corrected chi connectivity index (χ2v) is 12.5. The molecular formula is C27H27F2N7O5S2. The SMILES string of the molecule is COc1c(Nc2cc(C)[nH]n2)nc(Sc2ccc(S(=O)(=O)Cc3cccc(C(N)=O)c3F)cc2F)nc1N1CCOCC1. The minimum absolute atomic E-state index is 0.0560. The van der Waals surface area contributed by atoms with E-state index in [0.717, 1.165) is 29.6 Å². The highest BCUT2D eigenvalue weighted by atomic mass is 32.2. The Bertz CT molecular complexity index is 1780. The first-order chi connectivity index (χ1) is 20.6. The van der Waals surface area contributed by atoms with Crippen molar-refractivity contribution in [2.24, 2.45) is 5.73 Å². The van der Waals surface area contributed by atoms with E-state index in [-0.39, 0.29) is 20.5 Å². The summed E-state index contributed by atoms with van der Waals surface area (Å²) in [4.78, 5) is 22.3. The summed E-state index contributed by atoms with van der Waals surface area (Å²) < 4.78 is 67.2. The van der Waals surface area contributed by atoms with Crippen LogP contribution in [0.3, 0.4) is 0 Å². The summed E-state index contributed by atoms with van der Waals surface area (Å²) in [5, 5.41) is 10.3. The second-order valence-electron chi connectivity index (χ2n) is 9.47. The quantitative estimate of drug-likeness (QED) is 0.219. The first kappa shape index (κ1) is 30.2. The van der Waals surface area contributed by atoms with E-state index >= 15 is 4.39 Å². The average Bonchev–Trinajstić information content (AvgIpc) is 3.39. The number of amides is 1. The second kappa shape index (κ2) is 12.5. The maximum Gasteiger partial charge on any atom is 0.251 e. The van der Waals surface area contributed by atoms with Gasteiger partial charge in [-0.25, -0.2) is 27.2 Å². The summed E-state index contributed by atoms with van der Waals surface area (Å²) in [6.45, 7) is 3.90. The topological polar surface area (TPSA) is 165 Å². The fourth-order valence-electron chi connectivity index (χ4n) is 4.36. The van der Waals surface area contributed by atoms with Gasteiger partial charge in [-0.1, -0.05) is 12.1 Å². The molecule has 5 rings (SSSR count). The van der Waals surface area contributed by atoms with E-state index in [0.29, 0.717) is 49.5 Å². The minimum atomic E-state index is -4.19. The van der Waals surface area contributed by atoms with Crippen molar-refractivity contribution in [3.8, 4) is 5.75 Å². The van der Waals surface area contributed by atoms with Crippen LogP contribution in [0.4, 0.5) is 26.2 Å². The summed E-state index contributed by atoms with van der Waals surface area (Å²) in [5.41, 5.74) is 5.29. The van der Waals surface area contributed by atoms with Crippen molar-refractivity contribution < 1.29 is 31.5 Å². The van der Waals surface area contributed by atoms with Gasteiger partial charge in [0, 0.05) is 30.4 Å². The van der Waals surface area contributed by atoms with Crippen LogP contribution in [0.25, 0.3) is 0 Å². The number of carbonyl (C=O) groups excluding carboxylic acids is 1. The normalized spacial score (nSPS) is 13.6. The van der Waals surface area contributed by atoms with Crippen LogP contribution in [0, 0.1) is 18.6 Å². The van der Waals surface area contributed by atoms with E-state index in [1.807, 2.05) is 11.8 Å². The number of aryl methyl sites for hydroxylation is 1. The molecule has 1 saturated heterocycles. The van der Waals surface area contributed by atoms with E-state index in [9.17, 15) is 17.6 Å². The van der Waals surface area contributed by atoms with Crippen LogP contribution in [0.15, 0.2) is 57.4 Å². The zero-order chi connectivity index (χ0) is 30.7. The number of nitrogens with zero attached hydrogens (tertiary/aromatic N) is 4. The van der Waals surface area contributed by atoms with Gasteiger partial charge in [0.15, 0.2) is 32.4 Å².